The maximum atomic E-state index is 12.1. The topological polar surface area (TPSA) is 46.2 Å². The van der Waals surface area contributed by atoms with Crippen molar-refractivity contribution >= 4 is 0 Å². The lowest BCUT2D eigenvalue weighted by Crippen LogP contribution is -2.38. The van der Waals surface area contributed by atoms with E-state index in [4.69, 9.17) is 5.73 Å². The molecule has 2 atom stereocenters. The minimum absolute atomic E-state index is 0.442. The van der Waals surface area contributed by atoms with Crippen molar-refractivity contribution in [2.45, 2.75) is 24.7 Å². The third kappa shape index (κ3) is 3.53. The minimum Gasteiger partial charge on any atom is -0.388 e. The lowest BCUT2D eigenvalue weighted by molar-refractivity contribution is -0.153. The molecule has 0 bridgehead atoms. The summed E-state index contributed by atoms with van der Waals surface area (Å²) in [6.45, 7) is 0. The third-order valence-corrected chi connectivity index (χ3v) is 2.08. The van der Waals surface area contributed by atoms with Crippen LogP contribution in [0.25, 0.3) is 0 Å². The lowest BCUT2D eigenvalue weighted by atomic mass is 10.0. The molecule has 3 N–H and O–H groups in total. The molecule has 0 unspecified atom stereocenters. The first kappa shape index (κ1) is 12.0. The predicted octanol–water partition coefficient (Wildman–Crippen LogP) is 2.00. The molecule has 15 heavy (non-hydrogen) atoms. The Hall–Kier alpha value is -1.07. The second-order valence-corrected chi connectivity index (χ2v) is 3.31. The summed E-state index contributed by atoms with van der Waals surface area (Å²) in [5, 5.41) is 9.47. The Morgan fingerprint density at radius 2 is 1.73 bits per heavy atom. The van der Waals surface area contributed by atoms with Gasteiger partial charge in [-0.15, -0.1) is 0 Å². The van der Waals surface area contributed by atoms with Gasteiger partial charge < -0.3 is 10.8 Å². The summed E-state index contributed by atoms with van der Waals surface area (Å²) < 4.78 is 36.3. The van der Waals surface area contributed by atoms with Gasteiger partial charge in [0.25, 0.3) is 0 Å². The van der Waals surface area contributed by atoms with Gasteiger partial charge in [-0.1, -0.05) is 30.3 Å². The van der Waals surface area contributed by atoms with Gasteiger partial charge in [-0.3, -0.25) is 0 Å². The number of hydrogen-bond donors (Lipinski definition) is 2. The highest BCUT2D eigenvalue weighted by Crippen LogP contribution is 2.26. The van der Waals surface area contributed by atoms with Crippen LogP contribution in [0.5, 0.6) is 0 Å². The SMILES string of the molecule is N[C@H](C[C@@H](O)c1ccccc1)C(F)(F)F. The number of benzene rings is 1. The summed E-state index contributed by atoms with van der Waals surface area (Å²) in [6.07, 6.45) is -6.16. The maximum Gasteiger partial charge on any atom is 0.403 e. The molecule has 2 nitrogen and oxygen atoms in total. The quantitative estimate of drug-likeness (QED) is 0.816. The largest absolute Gasteiger partial charge is 0.403 e. The molecule has 1 aromatic carbocycles. The van der Waals surface area contributed by atoms with E-state index in [0.717, 1.165) is 0 Å². The minimum atomic E-state index is -4.46. The molecular formula is C10H12F3NO. The molecule has 0 heterocycles. The van der Waals surface area contributed by atoms with Gasteiger partial charge in [0.15, 0.2) is 0 Å². The van der Waals surface area contributed by atoms with E-state index in [1.165, 1.54) is 0 Å². The monoisotopic (exact) mass is 219 g/mol. The Morgan fingerprint density at radius 3 is 2.20 bits per heavy atom. The van der Waals surface area contributed by atoms with E-state index in [1.807, 2.05) is 0 Å². The van der Waals surface area contributed by atoms with E-state index >= 15 is 0 Å². The van der Waals surface area contributed by atoms with Crippen LogP contribution in [-0.2, 0) is 0 Å². The molecule has 1 aromatic rings. The van der Waals surface area contributed by atoms with E-state index in [2.05, 4.69) is 0 Å². The maximum absolute atomic E-state index is 12.1. The number of alkyl halides is 3. The van der Waals surface area contributed by atoms with Gasteiger partial charge in [-0.05, 0) is 5.56 Å². The van der Waals surface area contributed by atoms with Crippen molar-refractivity contribution in [3.05, 3.63) is 35.9 Å². The molecule has 84 valence electrons. The van der Waals surface area contributed by atoms with Crippen molar-refractivity contribution in [1.29, 1.82) is 0 Å². The van der Waals surface area contributed by atoms with E-state index in [1.54, 1.807) is 30.3 Å². The molecule has 0 aliphatic heterocycles. The summed E-state index contributed by atoms with van der Waals surface area (Å²) in [6, 6.07) is 6.16. The first-order valence-electron chi connectivity index (χ1n) is 4.46. The normalized spacial score (nSPS) is 16.1. The average molecular weight is 219 g/mol. The highest BCUT2D eigenvalue weighted by atomic mass is 19.4. The second kappa shape index (κ2) is 4.63. The summed E-state index contributed by atoms with van der Waals surface area (Å²) in [7, 11) is 0. The van der Waals surface area contributed by atoms with E-state index in [0.29, 0.717) is 5.56 Å². The standard InChI is InChI=1S/C10H12F3NO/c11-10(12,13)9(14)6-8(15)7-4-2-1-3-5-7/h1-5,8-9,15H,6,14H2/t8-,9-/m1/s1. The van der Waals surface area contributed by atoms with E-state index < -0.39 is 24.7 Å². The van der Waals surface area contributed by atoms with Gasteiger partial charge in [0.2, 0.25) is 0 Å². The van der Waals surface area contributed by atoms with Crippen LogP contribution in [0, 0.1) is 0 Å². The molecule has 0 aliphatic carbocycles. The molecule has 0 spiro atoms. The second-order valence-electron chi connectivity index (χ2n) is 3.31. The molecule has 5 heteroatoms. The van der Waals surface area contributed by atoms with Crippen molar-refractivity contribution in [2.75, 3.05) is 0 Å². The summed E-state index contributed by atoms with van der Waals surface area (Å²) in [4.78, 5) is 0. The number of nitrogens with two attached hydrogens (primary N) is 1. The van der Waals surface area contributed by atoms with E-state index in [-0.39, 0.29) is 0 Å². The Balaban J connectivity index is 2.61. The highest BCUT2D eigenvalue weighted by molar-refractivity contribution is 5.17. The van der Waals surface area contributed by atoms with Gasteiger partial charge >= 0.3 is 6.18 Å². The Morgan fingerprint density at radius 1 is 1.20 bits per heavy atom. The Labute approximate surface area is 85.5 Å². The van der Waals surface area contributed by atoms with Crippen molar-refractivity contribution in [3.8, 4) is 0 Å². The van der Waals surface area contributed by atoms with Gasteiger partial charge in [0.1, 0.15) is 6.04 Å². The van der Waals surface area contributed by atoms with Crippen LogP contribution in [0.3, 0.4) is 0 Å². The molecule has 0 radical (unpaired) electrons. The molecule has 0 saturated heterocycles. The fourth-order valence-electron chi connectivity index (χ4n) is 1.19. The van der Waals surface area contributed by atoms with Gasteiger partial charge in [-0.2, -0.15) is 13.2 Å². The van der Waals surface area contributed by atoms with Crippen LogP contribution in [0.1, 0.15) is 18.1 Å². The number of aliphatic hydroxyl groups excluding tert-OH is 1. The van der Waals surface area contributed by atoms with Crippen LogP contribution in [-0.4, -0.2) is 17.3 Å². The van der Waals surface area contributed by atoms with Crippen LogP contribution >= 0.6 is 0 Å². The van der Waals surface area contributed by atoms with Gasteiger partial charge in [0, 0.05) is 6.42 Å². The number of hydrogen-bond acceptors (Lipinski definition) is 2. The fraction of sp³-hybridized carbons (Fsp3) is 0.400. The lowest BCUT2D eigenvalue weighted by Gasteiger charge is -2.19. The number of aliphatic hydroxyl groups is 1. The Bertz CT molecular complexity index is 299. The van der Waals surface area contributed by atoms with Crippen molar-refractivity contribution < 1.29 is 18.3 Å². The predicted molar refractivity (Wildman–Crippen MR) is 50.0 cm³/mol. The van der Waals surface area contributed by atoms with Crippen LogP contribution in [0.4, 0.5) is 13.2 Å². The summed E-state index contributed by atoms with van der Waals surface area (Å²) in [5.74, 6) is 0. The molecular weight excluding hydrogens is 207 g/mol. The van der Waals surface area contributed by atoms with Crippen LogP contribution < -0.4 is 5.73 Å². The molecule has 0 aromatic heterocycles. The molecule has 0 saturated carbocycles. The molecule has 0 amide bonds. The molecule has 1 rings (SSSR count). The number of rotatable bonds is 3. The van der Waals surface area contributed by atoms with Crippen molar-refractivity contribution in [2.24, 2.45) is 5.73 Å². The first-order chi connectivity index (χ1) is 6.91. The summed E-state index contributed by atoms with van der Waals surface area (Å²) in [5.41, 5.74) is 5.35. The summed E-state index contributed by atoms with van der Waals surface area (Å²) >= 11 is 0. The van der Waals surface area contributed by atoms with Crippen LogP contribution in [0.15, 0.2) is 30.3 Å². The smallest absolute Gasteiger partial charge is 0.388 e. The zero-order chi connectivity index (χ0) is 11.5. The van der Waals surface area contributed by atoms with Crippen molar-refractivity contribution in [1.82, 2.24) is 0 Å². The van der Waals surface area contributed by atoms with Crippen LogP contribution in [0.2, 0.25) is 0 Å². The van der Waals surface area contributed by atoms with E-state index in [9.17, 15) is 18.3 Å². The molecule has 0 aliphatic rings. The zero-order valence-electron chi connectivity index (χ0n) is 7.91. The van der Waals surface area contributed by atoms with Gasteiger partial charge in [0.05, 0.1) is 6.10 Å². The first-order valence-corrected chi connectivity index (χ1v) is 4.46. The average Bonchev–Trinajstić information content (AvgIpc) is 2.17. The number of halogens is 3. The third-order valence-electron chi connectivity index (χ3n) is 2.08. The Kier molecular flexibility index (Phi) is 3.71. The zero-order valence-corrected chi connectivity index (χ0v) is 7.91. The molecule has 0 fully saturated rings. The van der Waals surface area contributed by atoms with Crippen molar-refractivity contribution in [3.63, 3.8) is 0 Å². The van der Waals surface area contributed by atoms with Gasteiger partial charge in [-0.25, -0.2) is 0 Å². The highest BCUT2D eigenvalue weighted by Gasteiger charge is 2.37. The fourth-order valence-corrected chi connectivity index (χ4v) is 1.19.